The van der Waals surface area contributed by atoms with Crippen molar-refractivity contribution in [3.63, 3.8) is 0 Å². The van der Waals surface area contributed by atoms with Crippen molar-refractivity contribution < 1.29 is 23.9 Å². The van der Waals surface area contributed by atoms with Gasteiger partial charge in [0.2, 0.25) is 17.7 Å². The molecule has 0 aliphatic carbocycles. The van der Waals surface area contributed by atoms with Gasteiger partial charge in [0.15, 0.2) is 0 Å². The van der Waals surface area contributed by atoms with E-state index >= 15 is 0 Å². The Kier molecular flexibility index (Phi) is 8.58. The van der Waals surface area contributed by atoms with Crippen molar-refractivity contribution in [1.29, 1.82) is 0 Å². The Balaban J connectivity index is 1.57. The van der Waals surface area contributed by atoms with Crippen molar-refractivity contribution in [1.82, 2.24) is 15.1 Å². The highest BCUT2D eigenvalue weighted by Gasteiger charge is 2.22. The van der Waals surface area contributed by atoms with Crippen molar-refractivity contribution in [3.05, 3.63) is 24.3 Å². The Labute approximate surface area is 165 Å². The molecule has 1 aromatic rings. The van der Waals surface area contributed by atoms with Crippen molar-refractivity contribution in [3.8, 4) is 11.5 Å². The van der Waals surface area contributed by atoms with Gasteiger partial charge in [-0.3, -0.25) is 14.4 Å². The monoisotopic (exact) mass is 391 g/mol. The second-order valence-electron chi connectivity index (χ2n) is 6.49. The Morgan fingerprint density at radius 1 is 0.929 bits per heavy atom. The highest BCUT2D eigenvalue weighted by atomic mass is 16.5. The Morgan fingerprint density at radius 2 is 1.50 bits per heavy atom. The average Bonchev–Trinajstić information content (AvgIpc) is 2.71. The largest absolute Gasteiger partial charge is 0.494 e. The van der Waals surface area contributed by atoms with E-state index in [4.69, 9.17) is 9.47 Å². The van der Waals surface area contributed by atoms with Crippen LogP contribution in [0.5, 0.6) is 11.5 Å². The topological polar surface area (TPSA) is 88.2 Å². The third-order valence-electron chi connectivity index (χ3n) is 4.47. The maximum atomic E-state index is 12.2. The molecule has 8 nitrogen and oxygen atoms in total. The van der Waals surface area contributed by atoms with E-state index in [0.29, 0.717) is 51.7 Å². The van der Waals surface area contributed by atoms with Crippen LogP contribution in [0, 0.1) is 0 Å². The SMILES string of the molecule is CCOc1ccc(OCCNC(=O)CCC(=O)N2CCN(C(C)=O)CC2)cc1. The summed E-state index contributed by atoms with van der Waals surface area (Å²) in [6.07, 6.45) is 0.320. The summed E-state index contributed by atoms with van der Waals surface area (Å²) in [4.78, 5) is 38.8. The zero-order valence-electron chi connectivity index (χ0n) is 16.6. The number of benzene rings is 1. The molecule has 0 unspecified atom stereocenters. The van der Waals surface area contributed by atoms with Gasteiger partial charge in [-0.15, -0.1) is 0 Å². The lowest BCUT2D eigenvalue weighted by Crippen LogP contribution is -2.50. The predicted octanol–water partition coefficient (Wildman–Crippen LogP) is 1.05. The summed E-state index contributed by atoms with van der Waals surface area (Å²) in [6, 6.07) is 7.30. The molecule has 1 fully saturated rings. The van der Waals surface area contributed by atoms with Gasteiger partial charge in [-0.05, 0) is 31.2 Å². The van der Waals surface area contributed by atoms with Crippen LogP contribution in [-0.4, -0.2) is 73.5 Å². The van der Waals surface area contributed by atoms with Crippen molar-refractivity contribution >= 4 is 17.7 Å². The molecule has 0 spiro atoms. The van der Waals surface area contributed by atoms with E-state index < -0.39 is 0 Å². The average molecular weight is 391 g/mol. The number of amides is 3. The molecule has 154 valence electrons. The number of hydrogen-bond acceptors (Lipinski definition) is 5. The molecule has 1 heterocycles. The first-order valence-electron chi connectivity index (χ1n) is 9.65. The number of nitrogens with one attached hydrogen (secondary N) is 1. The van der Waals surface area contributed by atoms with E-state index in [1.807, 2.05) is 31.2 Å². The zero-order chi connectivity index (χ0) is 20.4. The Hall–Kier alpha value is -2.77. The normalized spacial score (nSPS) is 13.8. The lowest BCUT2D eigenvalue weighted by molar-refractivity contribution is -0.139. The molecule has 1 saturated heterocycles. The number of rotatable bonds is 9. The molecule has 1 N–H and O–H groups in total. The minimum atomic E-state index is -0.175. The van der Waals surface area contributed by atoms with Gasteiger partial charge in [0.25, 0.3) is 0 Å². The second kappa shape index (κ2) is 11.2. The zero-order valence-corrected chi connectivity index (χ0v) is 16.6. The van der Waals surface area contributed by atoms with Crippen LogP contribution in [0.15, 0.2) is 24.3 Å². The fraction of sp³-hybridized carbons (Fsp3) is 0.550. The molecule has 3 amide bonds. The molecule has 1 aliphatic rings. The fourth-order valence-corrected chi connectivity index (χ4v) is 2.90. The van der Waals surface area contributed by atoms with E-state index in [1.54, 1.807) is 9.80 Å². The molecule has 8 heteroatoms. The van der Waals surface area contributed by atoms with Crippen molar-refractivity contribution in [2.45, 2.75) is 26.7 Å². The van der Waals surface area contributed by atoms with Gasteiger partial charge in [0.05, 0.1) is 13.2 Å². The van der Waals surface area contributed by atoms with E-state index in [2.05, 4.69) is 5.32 Å². The van der Waals surface area contributed by atoms with Crippen LogP contribution < -0.4 is 14.8 Å². The highest BCUT2D eigenvalue weighted by Crippen LogP contribution is 2.17. The minimum absolute atomic E-state index is 0.0268. The van der Waals surface area contributed by atoms with Gasteiger partial charge >= 0.3 is 0 Å². The van der Waals surface area contributed by atoms with Crippen LogP contribution in [0.3, 0.4) is 0 Å². The smallest absolute Gasteiger partial charge is 0.223 e. The first-order chi connectivity index (χ1) is 13.5. The highest BCUT2D eigenvalue weighted by molar-refractivity contribution is 5.84. The maximum absolute atomic E-state index is 12.2. The van der Waals surface area contributed by atoms with Gasteiger partial charge < -0.3 is 24.6 Å². The molecule has 0 aromatic heterocycles. The molecular formula is C20H29N3O5. The quantitative estimate of drug-likeness (QED) is 0.636. The predicted molar refractivity (Wildman–Crippen MR) is 104 cm³/mol. The van der Waals surface area contributed by atoms with Crippen LogP contribution >= 0.6 is 0 Å². The van der Waals surface area contributed by atoms with Crippen LogP contribution in [0.4, 0.5) is 0 Å². The molecule has 1 aliphatic heterocycles. The summed E-state index contributed by atoms with van der Waals surface area (Å²) >= 11 is 0. The summed E-state index contributed by atoms with van der Waals surface area (Å²) < 4.78 is 10.9. The second-order valence-corrected chi connectivity index (χ2v) is 6.49. The first kappa shape index (κ1) is 21.5. The Morgan fingerprint density at radius 3 is 2.07 bits per heavy atom. The van der Waals surface area contributed by atoms with Crippen LogP contribution in [0.25, 0.3) is 0 Å². The first-order valence-corrected chi connectivity index (χ1v) is 9.65. The summed E-state index contributed by atoms with van der Waals surface area (Å²) in [7, 11) is 0. The molecule has 0 bridgehead atoms. The van der Waals surface area contributed by atoms with Crippen LogP contribution in [-0.2, 0) is 14.4 Å². The molecule has 0 atom stereocenters. The number of carbonyl (C=O) groups excluding carboxylic acids is 3. The number of piperazine rings is 1. The fourth-order valence-electron chi connectivity index (χ4n) is 2.90. The Bertz CT molecular complexity index is 654. The van der Waals surface area contributed by atoms with E-state index in [0.717, 1.165) is 5.75 Å². The number of hydrogen-bond donors (Lipinski definition) is 1. The molecule has 0 saturated carbocycles. The third-order valence-corrected chi connectivity index (χ3v) is 4.47. The van der Waals surface area contributed by atoms with Crippen molar-refractivity contribution in [2.24, 2.45) is 0 Å². The minimum Gasteiger partial charge on any atom is -0.494 e. The van der Waals surface area contributed by atoms with Crippen molar-refractivity contribution in [2.75, 3.05) is 45.9 Å². The summed E-state index contributed by atoms with van der Waals surface area (Å²) in [5.41, 5.74) is 0. The van der Waals surface area contributed by atoms with Gasteiger partial charge in [-0.25, -0.2) is 0 Å². The summed E-state index contributed by atoms with van der Waals surface area (Å²) in [6.45, 7) is 6.94. The van der Waals surface area contributed by atoms with E-state index in [9.17, 15) is 14.4 Å². The number of ether oxygens (including phenoxy) is 2. The number of carbonyl (C=O) groups is 3. The summed E-state index contributed by atoms with van der Waals surface area (Å²) in [5.74, 6) is 1.29. The maximum Gasteiger partial charge on any atom is 0.223 e. The van der Waals surface area contributed by atoms with E-state index in [1.165, 1.54) is 6.92 Å². The summed E-state index contributed by atoms with van der Waals surface area (Å²) in [5, 5.41) is 2.75. The molecule has 1 aromatic carbocycles. The van der Waals surface area contributed by atoms with Gasteiger partial charge in [0, 0.05) is 45.9 Å². The lowest BCUT2D eigenvalue weighted by atomic mass is 10.2. The van der Waals surface area contributed by atoms with Gasteiger partial charge in [-0.1, -0.05) is 0 Å². The van der Waals surface area contributed by atoms with Gasteiger partial charge in [0.1, 0.15) is 18.1 Å². The van der Waals surface area contributed by atoms with Gasteiger partial charge in [-0.2, -0.15) is 0 Å². The van der Waals surface area contributed by atoms with Crippen LogP contribution in [0.2, 0.25) is 0 Å². The van der Waals surface area contributed by atoms with E-state index in [-0.39, 0.29) is 30.6 Å². The molecule has 2 rings (SSSR count). The molecule has 0 radical (unpaired) electrons. The lowest BCUT2D eigenvalue weighted by Gasteiger charge is -2.34. The van der Waals surface area contributed by atoms with Crippen LogP contribution in [0.1, 0.15) is 26.7 Å². The number of nitrogens with zero attached hydrogens (tertiary/aromatic N) is 2. The molecular weight excluding hydrogens is 362 g/mol. The molecule has 28 heavy (non-hydrogen) atoms. The standard InChI is InChI=1S/C20H29N3O5/c1-3-27-17-4-6-18(7-5-17)28-15-10-21-19(25)8-9-20(26)23-13-11-22(12-14-23)16(2)24/h4-7H,3,8-15H2,1-2H3,(H,21,25). The third kappa shape index (κ3) is 7.09.